The predicted octanol–water partition coefficient (Wildman–Crippen LogP) is 2.85. The van der Waals surface area contributed by atoms with Crippen LogP contribution in [0.3, 0.4) is 0 Å². The number of aliphatic carboxylic acids is 2. The van der Waals surface area contributed by atoms with Crippen molar-refractivity contribution in [3.8, 4) is 0 Å². The van der Waals surface area contributed by atoms with E-state index in [1.54, 1.807) is 0 Å². The van der Waals surface area contributed by atoms with Crippen LogP contribution < -0.4 is 0 Å². The van der Waals surface area contributed by atoms with E-state index < -0.39 is 33.7 Å². The second-order valence-electron chi connectivity index (χ2n) is 6.50. The zero-order valence-corrected chi connectivity index (χ0v) is 20.7. The monoisotopic (exact) mass is 436 g/mol. The molecule has 0 saturated carbocycles. The Morgan fingerprint density at radius 3 is 1.78 bits per heavy atom. The van der Waals surface area contributed by atoms with Gasteiger partial charge in [0.1, 0.15) is 0 Å². The number of carboxylic acids is 2. The van der Waals surface area contributed by atoms with Crippen molar-refractivity contribution in [3.05, 3.63) is 0 Å². The van der Waals surface area contributed by atoms with Gasteiger partial charge in [0, 0.05) is 0 Å². The summed E-state index contributed by atoms with van der Waals surface area (Å²) in [6, 6.07) is 0. The molecule has 0 aromatic heterocycles. The van der Waals surface area contributed by atoms with Gasteiger partial charge in [-0.15, -0.1) is 0 Å². The van der Waals surface area contributed by atoms with Gasteiger partial charge in [0.15, 0.2) is 5.25 Å². The van der Waals surface area contributed by atoms with E-state index in [1.165, 1.54) is 57.8 Å². The van der Waals surface area contributed by atoms with E-state index in [1.807, 2.05) is 0 Å². The normalized spacial score (nSPS) is 13.4. The smallest absolute Gasteiger partial charge is 0.325 e. The van der Waals surface area contributed by atoms with E-state index in [-0.39, 0.29) is 0 Å². The van der Waals surface area contributed by atoms with Crippen LogP contribution in [0.2, 0.25) is 0 Å². The maximum atomic E-state index is 10.2. The summed E-state index contributed by atoms with van der Waals surface area (Å²) in [4.78, 5) is 20.0. The van der Waals surface area contributed by atoms with Gasteiger partial charge in [-0.1, -0.05) is 0 Å². The predicted molar refractivity (Wildman–Crippen MR) is 104 cm³/mol. The summed E-state index contributed by atoms with van der Waals surface area (Å²) < 4.78 is 35.0. The number of carboxylic acid groups (broad SMARTS) is 2. The molecule has 0 aromatic rings. The average molecular weight is 437 g/mol. The summed E-state index contributed by atoms with van der Waals surface area (Å²) in [7, 11) is -4.84. The van der Waals surface area contributed by atoms with Gasteiger partial charge in [-0.2, -0.15) is 8.42 Å². The number of rotatable bonds is 15. The van der Waals surface area contributed by atoms with Crippen molar-refractivity contribution in [3.63, 3.8) is 0 Å². The molecule has 0 aliphatic rings. The van der Waals surface area contributed by atoms with E-state index in [2.05, 4.69) is 13.8 Å². The van der Waals surface area contributed by atoms with Crippen LogP contribution in [0.1, 0.15) is 78.1 Å². The molecule has 3 N–H and O–H groups in total. The number of hydrogen-bond acceptors (Lipinski definition) is 5. The minimum absolute atomic E-state index is 0.641. The maximum absolute atomic E-state index is 10.2. The molecule has 10 heteroatoms. The summed E-state index contributed by atoms with van der Waals surface area (Å²) in [6.07, 6.45) is 11.2. The molecule has 0 saturated heterocycles. The second kappa shape index (κ2) is 18.5. The molecule has 27 heavy (non-hydrogen) atoms. The Kier molecular flexibility index (Phi) is 20.3. The SMILES string of the molecule is CCCCCCCCCCO[CH]([K])CC.O=C(O)CC(C(=O)O)S(=O)(=O)O. The van der Waals surface area contributed by atoms with Crippen LogP contribution in [0.15, 0.2) is 0 Å². The Balaban J connectivity index is 0. The fraction of sp³-hybridized carbons (Fsp3) is 0.882. The molecule has 0 aliphatic carbocycles. The number of unbranched alkanes of at least 4 members (excludes halogenated alkanes) is 7. The molecular weight excluding hydrogens is 403 g/mol. The minimum atomic E-state index is -4.84. The first-order valence-corrected chi connectivity index (χ1v) is 12.9. The Morgan fingerprint density at radius 1 is 0.963 bits per heavy atom. The molecule has 0 bridgehead atoms. The number of ether oxygens (including phenoxy) is 1. The van der Waals surface area contributed by atoms with Crippen molar-refractivity contribution >= 4 is 71.0 Å². The van der Waals surface area contributed by atoms with Gasteiger partial charge in [0.05, 0.1) is 6.42 Å². The Hall–Kier alpha value is 0.446. The van der Waals surface area contributed by atoms with Gasteiger partial charge in [-0.25, -0.2) is 0 Å². The third-order valence-electron chi connectivity index (χ3n) is 3.97. The quantitative estimate of drug-likeness (QED) is 0.202. The van der Waals surface area contributed by atoms with Crippen molar-refractivity contribution in [2.24, 2.45) is 0 Å². The second-order valence-corrected chi connectivity index (χ2v) is 10.1. The molecule has 0 radical (unpaired) electrons. The summed E-state index contributed by atoms with van der Waals surface area (Å²) in [5.41, 5.74) is 0. The topological polar surface area (TPSA) is 138 Å². The van der Waals surface area contributed by atoms with Gasteiger partial charge in [0.2, 0.25) is 0 Å². The van der Waals surface area contributed by atoms with Crippen molar-refractivity contribution in [2.45, 2.75) is 83.5 Å². The Labute approximate surface area is 196 Å². The zero-order valence-electron chi connectivity index (χ0n) is 16.7. The fourth-order valence-electron chi connectivity index (χ4n) is 2.12. The molecule has 2 unspecified atom stereocenters. The van der Waals surface area contributed by atoms with Gasteiger partial charge in [-0.05, 0) is 0 Å². The van der Waals surface area contributed by atoms with Gasteiger partial charge < -0.3 is 10.2 Å². The van der Waals surface area contributed by atoms with Crippen LogP contribution >= 0.6 is 0 Å². The minimum Gasteiger partial charge on any atom is -0.481 e. The van der Waals surface area contributed by atoms with Gasteiger partial charge in [-0.3, -0.25) is 14.1 Å². The molecule has 2 atom stereocenters. The zero-order chi connectivity index (χ0) is 21.3. The molecule has 0 heterocycles. The molecule has 156 valence electrons. The molecule has 0 spiro atoms. The molecule has 0 aromatic carbocycles. The Morgan fingerprint density at radius 2 is 1.44 bits per heavy atom. The largest absolute Gasteiger partial charge is 0.481 e. The summed E-state index contributed by atoms with van der Waals surface area (Å²) in [5.74, 6) is -3.50. The molecule has 0 rings (SSSR count). The number of carbonyl (C=O) groups is 2. The van der Waals surface area contributed by atoms with Crippen molar-refractivity contribution < 1.29 is 37.5 Å². The first kappa shape index (κ1) is 29.6. The van der Waals surface area contributed by atoms with E-state index in [0.717, 1.165) is 55.6 Å². The first-order chi connectivity index (χ1) is 12.6. The van der Waals surface area contributed by atoms with Crippen molar-refractivity contribution in [1.29, 1.82) is 0 Å². The Bertz CT molecular complexity index is 495. The van der Waals surface area contributed by atoms with Crippen LogP contribution in [-0.4, -0.2) is 96.1 Å². The molecule has 0 aliphatic heterocycles. The average Bonchev–Trinajstić information content (AvgIpc) is 2.57. The summed E-state index contributed by atoms with van der Waals surface area (Å²) >= 11 is 0.849. The summed E-state index contributed by atoms with van der Waals surface area (Å²) in [6.45, 7) is 5.51. The van der Waals surface area contributed by atoms with E-state index in [9.17, 15) is 18.0 Å². The van der Waals surface area contributed by atoms with Gasteiger partial charge >= 0.3 is 144 Å². The van der Waals surface area contributed by atoms with E-state index in [0.29, 0.717) is 0.199 Å². The van der Waals surface area contributed by atoms with Gasteiger partial charge in [0.25, 0.3) is 10.1 Å². The van der Waals surface area contributed by atoms with Crippen LogP contribution in [0.5, 0.6) is 0 Å². The maximum Gasteiger partial charge on any atom is 0.325 e. The van der Waals surface area contributed by atoms with Crippen LogP contribution in [0.25, 0.3) is 0 Å². The van der Waals surface area contributed by atoms with E-state index >= 15 is 0 Å². The summed E-state index contributed by atoms with van der Waals surface area (Å²) in [5, 5.41) is 13.9. The van der Waals surface area contributed by atoms with Crippen LogP contribution in [0, 0.1) is 0 Å². The fourth-order valence-corrected chi connectivity index (χ4v) is 3.09. The van der Waals surface area contributed by atoms with E-state index in [4.69, 9.17) is 19.5 Å². The molecule has 0 fully saturated rings. The standard InChI is InChI=1S/C13H27O.C4H6O7S.K/c1-3-5-6-7-8-9-10-11-13-14-12-4-2;5-3(6)1-2(4(7)8)12(9,10)11;/h12H,3-11,13H2,1-2H3;2H,1H2,(H,5,6)(H,7,8)(H,9,10,11);. The van der Waals surface area contributed by atoms with Crippen LogP contribution in [-0.2, 0) is 24.4 Å². The third kappa shape index (κ3) is 21.0. The molecule has 8 nitrogen and oxygen atoms in total. The molecular formula is C17H33KO8S. The van der Waals surface area contributed by atoms with Crippen LogP contribution in [0.4, 0.5) is 0 Å². The third-order valence-corrected chi connectivity index (χ3v) is 6.85. The van der Waals surface area contributed by atoms with Crippen molar-refractivity contribution in [1.82, 2.24) is 0 Å². The van der Waals surface area contributed by atoms with Crippen molar-refractivity contribution in [2.75, 3.05) is 6.61 Å². The number of hydrogen-bond donors (Lipinski definition) is 3. The first-order valence-electron chi connectivity index (χ1n) is 9.58. The molecule has 0 amide bonds.